The van der Waals surface area contributed by atoms with Crippen LogP contribution in [0.3, 0.4) is 0 Å². The molecule has 3 heterocycles. The van der Waals surface area contributed by atoms with E-state index in [1.165, 1.54) is 0 Å². The number of carbonyl (C=O) groups excluding carboxylic acids is 1. The van der Waals surface area contributed by atoms with Gasteiger partial charge < -0.3 is 14.4 Å². The second kappa shape index (κ2) is 5.77. The standard InChI is InChI=1S/C15H19N5O3/c1-9-7-12(18-22-9)16-13(21)8-20-6-2-3-11(20)14-17-15(23-19-14)10-4-5-10/h7,10-11H,2-6,8H2,1H3,(H,16,18,21)/t11-/m0/s1. The quantitative estimate of drug-likeness (QED) is 0.901. The van der Waals surface area contributed by atoms with Crippen molar-refractivity contribution in [2.75, 3.05) is 18.4 Å². The number of nitrogens with zero attached hydrogens (tertiary/aromatic N) is 4. The molecule has 4 rings (SSSR count). The first-order valence-electron chi connectivity index (χ1n) is 8.00. The van der Waals surface area contributed by atoms with Gasteiger partial charge in [-0.3, -0.25) is 9.69 Å². The average molecular weight is 317 g/mol. The molecular weight excluding hydrogens is 298 g/mol. The van der Waals surface area contributed by atoms with E-state index in [2.05, 4.69) is 25.5 Å². The van der Waals surface area contributed by atoms with Crippen LogP contribution in [0.1, 0.15) is 55.1 Å². The van der Waals surface area contributed by atoms with Gasteiger partial charge in [0.2, 0.25) is 11.8 Å². The van der Waals surface area contributed by atoms with E-state index in [-0.39, 0.29) is 18.5 Å². The Bertz CT molecular complexity index is 706. The SMILES string of the molecule is Cc1cc(NC(=O)CN2CCC[C@H]2c2noc(C3CC3)n2)no1. The fraction of sp³-hybridized carbons (Fsp3) is 0.600. The third-order valence-electron chi connectivity index (χ3n) is 4.29. The molecule has 0 bridgehead atoms. The smallest absolute Gasteiger partial charge is 0.239 e. The van der Waals surface area contributed by atoms with E-state index in [9.17, 15) is 4.79 Å². The summed E-state index contributed by atoms with van der Waals surface area (Å²) in [5.74, 6) is 2.89. The van der Waals surface area contributed by atoms with E-state index >= 15 is 0 Å². The second-order valence-corrected chi connectivity index (χ2v) is 6.26. The summed E-state index contributed by atoms with van der Waals surface area (Å²) in [5, 5.41) is 10.6. The molecule has 0 radical (unpaired) electrons. The minimum atomic E-state index is -0.115. The van der Waals surface area contributed by atoms with Crippen LogP contribution in [0.5, 0.6) is 0 Å². The van der Waals surface area contributed by atoms with Gasteiger partial charge in [0.15, 0.2) is 11.6 Å². The molecule has 1 amide bonds. The Morgan fingerprint density at radius 1 is 1.35 bits per heavy atom. The lowest BCUT2D eigenvalue weighted by molar-refractivity contribution is -0.117. The molecule has 1 atom stereocenters. The second-order valence-electron chi connectivity index (χ2n) is 6.26. The van der Waals surface area contributed by atoms with Gasteiger partial charge in [-0.25, -0.2) is 0 Å². The molecule has 1 N–H and O–H groups in total. The highest BCUT2D eigenvalue weighted by atomic mass is 16.5. The van der Waals surface area contributed by atoms with Gasteiger partial charge in [-0.05, 0) is 39.2 Å². The molecule has 1 saturated heterocycles. The van der Waals surface area contributed by atoms with Crippen molar-refractivity contribution in [1.82, 2.24) is 20.2 Å². The summed E-state index contributed by atoms with van der Waals surface area (Å²) in [6, 6.07) is 1.75. The van der Waals surface area contributed by atoms with Gasteiger partial charge in [-0.1, -0.05) is 10.3 Å². The molecule has 0 spiro atoms. The number of hydrogen-bond donors (Lipinski definition) is 1. The first kappa shape index (κ1) is 14.4. The van der Waals surface area contributed by atoms with Crippen LogP contribution < -0.4 is 5.32 Å². The summed E-state index contributed by atoms with van der Waals surface area (Å²) in [6.45, 7) is 2.92. The highest BCUT2D eigenvalue weighted by Crippen LogP contribution is 2.40. The van der Waals surface area contributed by atoms with E-state index < -0.39 is 0 Å². The zero-order valence-corrected chi connectivity index (χ0v) is 13.0. The van der Waals surface area contributed by atoms with E-state index in [0.717, 1.165) is 38.1 Å². The molecule has 23 heavy (non-hydrogen) atoms. The van der Waals surface area contributed by atoms with Crippen molar-refractivity contribution in [2.45, 2.75) is 44.6 Å². The van der Waals surface area contributed by atoms with Gasteiger partial charge >= 0.3 is 0 Å². The molecule has 0 aromatic carbocycles. The topological polar surface area (TPSA) is 97.3 Å². The summed E-state index contributed by atoms with van der Waals surface area (Å²) in [7, 11) is 0. The van der Waals surface area contributed by atoms with E-state index in [4.69, 9.17) is 9.05 Å². The molecule has 2 aromatic rings. The molecule has 2 aliphatic rings. The Labute approximate surface area is 133 Å². The van der Waals surface area contributed by atoms with Crippen molar-refractivity contribution in [1.29, 1.82) is 0 Å². The van der Waals surface area contributed by atoms with Gasteiger partial charge in [-0.2, -0.15) is 4.98 Å². The zero-order valence-electron chi connectivity index (χ0n) is 13.0. The van der Waals surface area contributed by atoms with Crippen molar-refractivity contribution in [3.05, 3.63) is 23.5 Å². The summed E-state index contributed by atoms with van der Waals surface area (Å²) < 4.78 is 10.3. The van der Waals surface area contributed by atoms with Crippen LogP contribution in [0.15, 0.2) is 15.1 Å². The fourth-order valence-electron chi connectivity index (χ4n) is 2.98. The molecule has 8 nitrogen and oxygen atoms in total. The fourth-order valence-corrected chi connectivity index (χ4v) is 2.98. The third kappa shape index (κ3) is 3.12. The van der Waals surface area contributed by atoms with Crippen LogP contribution in [-0.2, 0) is 4.79 Å². The number of rotatable bonds is 5. The van der Waals surface area contributed by atoms with Gasteiger partial charge in [0.25, 0.3) is 0 Å². The maximum atomic E-state index is 12.2. The number of amides is 1. The third-order valence-corrected chi connectivity index (χ3v) is 4.29. The molecule has 1 aliphatic heterocycles. The lowest BCUT2D eigenvalue weighted by Crippen LogP contribution is -2.33. The Morgan fingerprint density at radius 3 is 2.96 bits per heavy atom. The van der Waals surface area contributed by atoms with Crippen molar-refractivity contribution in [3.63, 3.8) is 0 Å². The Kier molecular flexibility index (Phi) is 3.60. The van der Waals surface area contributed by atoms with Gasteiger partial charge in [0.1, 0.15) is 5.76 Å². The number of aryl methyl sites for hydroxylation is 1. The molecule has 2 aromatic heterocycles. The molecule has 1 saturated carbocycles. The van der Waals surface area contributed by atoms with Crippen molar-refractivity contribution in [2.24, 2.45) is 0 Å². The number of hydrogen-bond acceptors (Lipinski definition) is 7. The van der Waals surface area contributed by atoms with E-state index in [1.54, 1.807) is 13.0 Å². The monoisotopic (exact) mass is 317 g/mol. The molecule has 0 unspecified atom stereocenters. The van der Waals surface area contributed by atoms with Crippen molar-refractivity contribution in [3.8, 4) is 0 Å². The number of nitrogens with one attached hydrogen (secondary N) is 1. The first-order valence-corrected chi connectivity index (χ1v) is 8.00. The molecular formula is C15H19N5O3. The van der Waals surface area contributed by atoms with Crippen molar-refractivity contribution < 1.29 is 13.8 Å². The summed E-state index contributed by atoms with van der Waals surface area (Å²) in [6.07, 6.45) is 4.24. The van der Waals surface area contributed by atoms with Crippen LogP contribution in [0.2, 0.25) is 0 Å². The van der Waals surface area contributed by atoms with Gasteiger partial charge in [0, 0.05) is 12.0 Å². The van der Waals surface area contributed by atoms with E-state index in [1.807, 2.05) is 0 Å². The van der Waals surface area contributed by atoms with Gasteiger partial charge in [0.05, 0.1) is 12.6 Å². The normalized spacial score (nSPS) is 21.7. The lowest BCUT2D eigenvalue weighted by Gasteiger charge is -2.20. The highest BCUT2D eigenvalue weighted by molar-refractivity contribution is 5.91. The zero-order chi connectivity index (χ0) is 15.8. The van der Waals surface area contributed by atoms with E-state index in [0.29, 0.717) is 23.3 Å². The molecule has 2 fully saturated rings. The van der Waals surface area contributed by atoms with Crippen LogP contribution in [0, 0.1) is 6.92 Å². The largest absolute Gasteiger partial charge is 0.360 e. The Balaban J connectivity index is 1.39. The Hall–Kier alpha value is -2.22. The summed E-state index contributed by atoms with van der Waals surface area (Å²) in [4.78, 5) is 18.8. The first-order chi connectivity index (χ1) is 11.2. The number of carbonyl (C=O) groups is 1. The maximum absolute atomic E-state index is 12.2. The minimum Gasteiger partial charge on any atom is -0.360 e. The summed E-state index contributed by atoms with van der Waals surface area (Å²) >= 11 is 0. The molecule has 122 valence electrons. The number of anilines is 1. The Morgan fingerprint density at radius 2 is 2.22 bits per heavy atom. The number of aromatic nitrogens is 3. The number of likely N-dealkylation sites (tertiary alicyclic amines) is 1. The minimum absolute atomic E-state index is 0.0519. The summed E-state index contributed by atoms with van der Waals surface area (Å²) in [5.41, 5.74) is 0. The van der Waals surface area contributed by atoms with Crippen molar-refractivity contribution >= 4 is 11.7 Å². The van der Waals surface area contributed by atoms with Crippen LogP contribution in [0.25, 0.3) is 0 Å². The van der Waals surface area contributed by atoms with Crippen LogP contribution in [-0.4, -0.2) is 39.2 Å². The molecule has 1 aliphatic carbocycles. The lowest BCUT2D eigenvalue weighted by atomic mass is 10.2. The average Bonchev–Trinajstić information content (AvgIpc) is 2.91. The predicted molar refractivity (Wildman–Crippen MR) is 79.7 cm³/mol. The van der Waals surface area contributed by atoms with Crippen LogP contribution in [0.4, 0.5) is 5.82 Å². The van der Waals surface area contributed by atoms with Gasteiger partial charge in [-0.15, -0.1) is 0 Å². The maximum Gasteiger partial charge on any atom is 0.239 e. The van der Waals surface area contributed by atoms with Crippen LogP contribution >= 0.6 is 0 Å². The predicted octanol–water partition coefficient (Wildman–Crippen LogP) is 2.02. The molecule has 8 heteroatoms. The highest BCUT2D eigenvalue weighted by Gasteiger charge is 2.34.